The minimum absolute atomic E-state index is 0.0422. The number of ether oxygens (including phenoxy) is 5. The average molecular weight is 426 g/mol. The van der Waals surface area contributed by atoms with E-state index in [1.165, 1.54) is 26.4 Å². The molecule has 0 aliphatic carbocycles. The highest BCUT2D eigenvalue weighted by Gasteiger charge is 2.32. The zero-order valence-corrected chi connectivity index (χ0v) is 15.2. The molecule has 0 spiro atoms. The minimum atomic E-state index is -4.83. The van der Waals surface area contributed by atoms with Gasteiger partial charge in [-0.25, -0.2) is 0 Å². The van der Waals surface area contributed by atoms with Crippen LogP contribution in [0.2, 0.25) is 0 Å². The summed E-state index contributed by atoms with van der Waals surface area (Å²) in [7, 11) is 2.55. The lowest BCUT2D eigenvalue weighted by atomic mass is 10.2. The Morgan fingerprint density at radius 2 is 1.03 bits per heavy atom. The van der Waals surface area contributed by atoms with Crippen LogP contribution in [0, 0.1) is 0 Å². The van der Waals surface area contributed by atoms with Gasteiger partial charge in [-0.3, -0.25) is 0 Å². The van der Waals surface area contributed by atoms with E-state index in [0.717, 1.165) is 24.3 Å². The van der Waals surface area contributed by atoms with Gasteiger partial charge in [-0.1, -0.05) is 0 Å². The summed E-state index contributed by atoms with van der Waals surface area (Å²) in [5.74, 6) is -0.652. The third kappa shape index (κ3) is 7.26. The normalized spacial score (nSPS) is 11.9. The summed E-state index contributed by atoms with van der Waals surface area (Å²) in [6, 6.07) is 7.04. The van der Waals surface area contributed by atoms with Crippen LogP contribution in [0.1, 0.15) is 11.1 Å². The number of methoxy groups -OCH3 is 2. The molecule has 0 aliphatic heterocycles. The lowest BCUT2D eigenvalue weighted by molar-refractivity contribution is -0.275. The van der Waals surface area contributed by atoms with E-state index in [1.807, 2.05) is 0 Å². The molecule has 0 N–H and O–H groups in total. The summed E-state index contributed by atoms with van der Waals surface area (Å²) in [4.78, 5) is 0. The van der Waals surface area contributed by atoms with E-state index in [-0.39, 0.29) is 24.7 Å². The maximum absolute atomic E-state index is 12.3. The topological polar surface area (TPSA) is 46.2 Å². The molecule has 0 aliphatic rings. The summed E-state index contributed by atoms with van der Waals surface area (Å²) in [5.41, 5.74) is 0.885. The lowest BCUT2D eigenvalue weighted by Crippen LogP contribution is -2.17. The molecule has 11 heteroatoms. The zero-order chi connectivity index (χ0) is 21.7. The number of hydrogen-bond donors (Lipinski definition) is 0. The Balaban J connectivity index is 2.04. The predicted molar refractivity (Wildman–Crippen MR) is 87.8 cm³/mol. The van der Waals surface area contributed by atoms with E-state index >= 15 is 0 Å². The van der Waals surface area contributed by atoms with Gasteiger partial charge < -0.3 is 23.7 Å². The molecule has 0 fully saturated rings. The van der Waals surface area contributed by atoms with Crippen LogP contribution in [0.4, 0.5) is 26.3 Å². The van der Waals surface area contributed by atoms with Crippen molar-refractivity contribution in [3.63, 3.8) is 0 Å². The van der Waals surface area contributed by atoms with E-state index in [0.29, 0.717) is 11.1 Å². The summed E-state index contributed by atoms with van der Waals surface area (Å²) in [6.45, 7) is -0.0845. The Labute approximate surface area is 161 Å². The fourth-order valence-electron chi connectivity index (χ4n) is 2.35. The van der Waals surface area contributed by atoms with Crippen molar-refractivity contribution >= 4 is 0 Å². The highest BCUT2D eigenvalue weighted by molar-refractivity contribution is 5.41. The maximum Gasteiger partial charge on any atom is 0.573 e. The second-order valence-electron chi connectivity index (χ2n) is 5.54. The van der Waals surface area contributed by atoms with Crippen molar-refractivity contribution in [3.8, 4) is 23.0 Å². The van der Waals surface area contributed by atoms with Crippen LogP contribution >= 0.6 is 0 Å². The van der Waals surface area contributed by atoms with E-state index in [1.54, 1.807) is 0 Å². The number of benzene rings is 2. The molecule has 0 saturated carbocycles. The van der Waals surface area contributed by atoms with Gasteiger partial charge in [-0.2, -0.15) is 0 Å². The molecule has 0 bridgehead atoms. The third-order valence-electron chi connectivity index (χ3n) is 3.50. The average Bonchev–Trinajstić information content (AvgIpc) is 2.61. The van der Waals surface area contributed by atoms with Crippen LogP contribution in [0.3, 0.4) is 0 Å². The predicted octanol–water partition coefficient (Wildman–Crippen LogP) is 5.22. The lowest BCUT2D eigenvalue weighted by Gasteiger charge is -2.15. The monoisotopic (exact) mass is 426 g/mol. The fraction of sp³-hybridized carbons (Fsp3) is 0.333. The highest BCUT2D eigenvalue weighted by atomic mass is 19.4. The van der Waals surface area contributed by atoms with Crippen molar-refractivity contribution < 1.29 is 50.0 Å². The molecule has 2 aromatic rings. The second-order valence-corrected chi connectivity index (χ2v) is 5.54. The number of hydrogen-bond acceptors (Lipinski definition) is 5. The molecule has 160 valence electrons. The third-order valence-corrected chi connectivity index (χ3v) is 3.50. The van der Waals surface area contributed by atoms with Gasteiger partial charge in [0, 0.05) is 23.3 Å². The molecule has 0 unspecified atom stereocenters. The van der Waals surface area contributed by atoms with Crippen LogP contribution in [0.15, 0.2) is 36.4 Å². The first kappa shape index (κ1) is 22.5. The quantitative estimate of drug-likeness (QED) is 0.542. The Hall–Kier alpha value is -2.82. The molecule has 0 aromatic heterocycles. The summed E-state index contributed by atoms with van der Waals surface area (Å²) in [6.07, 6.45) is -9.66. The van der Waals surface area contributed by atoms with Gasteiger partial charge in [-0.15, -0.1) is 26.3 Å². The van der Waals surface area contributed by atoms with E-state index in [4.69, 9.17) is 14.2 Å². The number of rotatable bonds is 8. The molecule has 0 saturated heterocycles. The van der Waals surface area contributed by atoms with Crippen molar-refractivity contribution in [2.24, 2.45) is 0 Å². The SMILES string of the molecule is COc1cc(OC(F)(F)F)ccc1COCc1ccc(OC(F)(F)F)cc1OC. The Kier molecular flexibility index (Phi) is 7.07. The van der Waals surface area contributed by atoms with Gasteiger partial charge in [0.2, 0.25) is 0 Å². The summed E-state index contributed by atoms with van der Waals surface area (Å²) < 4.78 is 96.9. The summed E-state index contributed by atoms with van der Waals surface area (Å²) in [5, 5.41) is 0. The van der Waals surface area contributed by atoms with Gasteiger partial charge in [-0.05, 0) is 24.3 Å². The zero-order valence-electron chi connectivity index (χ0n) is 15.2. The van der Waals surface area contributed by atoms with Gasteiger partial charge >= 0.3 is 12.7 Å². The first-order valence-corrected chi connectivity index (χ1v) is 7.94. The van der Waals surface area contributed by atoms with Crippen molar-refractivity contribution in [3.05, 3.63) is 47.5 Å². The first-order chi connectivity index (χ1) is 13.5. The van der Waals surface area contributed by atoms with Crippen molar-refractivity contribution in [1.82, 2.24) is 0 Å². The Morgan fingerprint density at radius 1 is 0.655 bits per heavy atom. The molecular weight excluding hydrogens is 410 g/mol. The van der Waals surface area contributed by atoms with Crippen LogP contribution in [0.25, 0.3) is 0 Å². The largest absolute Gasteiger partial charge is 0.573 e. The first-order valence-electron chi connectivity index (χ1n) is 7.94. The van der Waals surface area contributed by atoms with Gasteiger partial charge in [0.25, 0.3) is 0 Å². The van der Waals surface area contributed by atoms with Gasteiger partial charge in [0.1, 0.15) is 23.0 Å². The van der Waals surface area contributed by atoms with Crippen LogP contribution < -0.4 is 18.9 Å². The molecular formula is C18H16F6O5. The fourth-order valence-corrected chi connectivity index (χ4v) is 2.35. The van der Waals surface area contributed by atoms with Crippen molar-refractivity contribution in [1.29, 1.82) is 0 Å². The number of halogens is 6. The molecule has 0 amide bonds. The standard InChI is InChI=1S/C18H16F6O5/c1-25-15-7-13(28-17(19,20)21)5-3-11(15)9-27-10-12-4-6-14(8-16(12)26-2)29-18(22,23)24/h3-8H,9-10H2,1-2H3. The van der Waals surface area contributed by atoms with E-state index in [2.05, 4.69) is 9.47 Å². The van der Waals surface area contributed by atoms with Crippen LogP contribution in [-0.4, -0.2) is 26.9 Å². The molecule has 2 aromatic carbocycles. The second kappa shape index (κ2) is 9.12. The molecule has 0 radical (unpaired) electrons. The maximum atomic E-state index is 12.3. The van der Waals surface area contributed by atoms with E-state index in [9.17, 15) is 26.3 Å². The molecule has 29 heavy (non-hydrogen) atoms. The van der Waals surface area contributed by atoms with E-state index < -0.39 is 24.2 Å². The molecule has 5 nitrogen and oxygen atoms in total. The van der Waals surface area contributed by atoms with Crippen LogP contribution in [-0.2, 0) is 18.0 Å². The van der Waals surface area contributed by atoms with Crippen molar-refractivity contribution in [2.75, 3.05) is 14.2 Å². The van der Waals surface area contributed by atoms with Gasteiger partial charge in [0.05, 0.1) is 27.4 Å². The number of alkyl halides is 6. The molecule has 2 rings (SSSR count). The van der Waals surface area contributed by atoms with Gasteiger partial charge in [0.15, 0.2) is 0 Å². The highest BCUT2D eigenvalue weighted by Crippen LogP contribution is 2.31. The molecule has 0 heterocycles. The Morgan fingerprint density at radius 3 is 1.34 bits per heavy atom. The van der Waals surface area contributed by atoms with Crippen molar-refractivity contribution in [2.45, 2.75) is 25.9 Å². The molecule has 0 atom stereocenters. The Bertz CT molecular complexity index is 752. The smallest absolute Gasteiger partial charge is 0.496 e. The summed E-state index contributed by atoms with van der Waals surface area (Å²) >= 11 is 0. The van der Waals surface area contributed by atoms with Crippen LogP contribution in [0.5, 0.6) is 23.0 Å². The minimum Gasteiger partial charge on any atom is -0.496 e.